The Labute approximate surface area is 122 Å². The Kier molecular flexibility index (Phi) is 4.67. The summed E-state index contributed by atoms with van der Waals surface area (Å²) in [5.41, 5.74) is 13.1. The average Bonchev–Trinajstić information content (AvgIpc) is 2.45. The Balaban J connectivity index is 2.42. The summed E-state index contributed by atoms with van der Waals surface area (Å²) in [5.74, 6) is 0. The van der Waals surface area contributed by atoms with Crippen molar-refractivity contribution in [3.8, 4) is 0 Å². The molecule has 0 unspecified atom stereocenters. The topological polar surface area (TPSA) is 38.0 Å². The average molecular weight is 268 g/mol. The van der Waals surface area contributed by atoms with Gasteiger partial charge >= 0.3 is 0 Å². The first-order chi connectivity index (χ1) is 9.63. The van der Waals surface area contributed by atoms with E-state index in [1.165, 1.54) is 35.2 Å². The molecule has 0 spiro atoms. The third-order valence-corrected chi connectivity index (χ3v) is 3.78. The minimum absolute atomic E-state index is 0.896. The second kappa shape index (κ2) is 6.47. The monoisotopic (exact) mass is 268 g/mol. The summed E-state index contributed by atoms with van der Waals surface area (Å²) in [6.07, 6.45) is 3.45. The van der Waals surface area contributed by atoms with Crippen molar-refractivity contribution in [3.05, 3.63) is 53.1 Å². The van der Waals surface area contributed by atoms with Crippen molar-refractivity contribution in [2.75, 3.05) is 11.1 Å². The van der Waals surface area contributed by atoms with E-state index >= 15 is 0 Å². The van der Waals surface area contributed by atoms with Crippen LogP contribution in [0.2, 0.25) is 0 Å². The number of anilines is 3. The van der Waals surface area contributed by atoms with Gasteiger partial charge in [-0.1, -0.05) is 31.5 Å². The third kappa shape index (κ3) is 3.13. The molecule has 0 aliphatic carbocycles. The number of aryl methyl sites for hydroxylation is 1. The number of benzene rings is 2. The first-order valence-corrected chi connectivity index (χ1v) is 7.34. The van der Waals surface area contributed by atoms with Gasteiger partial charge < -0.3 is 11.1 Å². The van der Waals surface area contributed by atoms with E-state index in [9.17, 15) is 0 Å². The largest absolute Gasteiger partial charge is 0.398 e. The molecule has 0 aliphatic heterocycles. The molecule has 0 bridgehead atoms. The Bertz CT molecular complexity index is 574. The van der Waals surface area contributed by atoms with Gasteiger partial charge in [0.25, 0.3) is 0 Å². The Morgan fingerprint density at radius 2 is 1.80 bits per heavy atom. The molecule has 0 saturated heterocycles. The molecule has 0 amide bonds. The van der Waals surface area contributed by atoms with Gasteiger partial charge in [-0.15, -0.1) is 0 Å². The van der Waals surface area contributed by atoms with Gasteiger partial charge in [-0.2, -0.15) is 0 Å². The maximum Gasteiger partial charge on any atom is 0.0450 e. The lowest BCUT2D eigenvalue weighted by Crippen LogP contribution is -2.04. The van der Waals surface area contributed by atoms with Gasteiger partial charge in [0.1, 0.15) is 0 Å². The zero-order chi connectivity index (χ0) is 14.5. The summed E-state index contributed by atoms with van der Waals surface area (Å²) >= 11 is 0. The van der Waals surface area contributed by atoms with E-state index < -0.39 is 0 Å². The first kappa shape index (κ1) is 14.4. The van der Waals surface area contributed by atoms with E-state index in [0.717, 1.165) is 17.8 Å². The fraction of sp³-hybridized carbons (Fsp3) is 0.333. The highest BCUT2D eigenvalue weighted by atomic mass is 14.9. The van der Waals surface area contributed by atoms with Crippen molar-refractivity contribution in [2.24, 2.45) is 0 Å². The van der Waals surface area contributed by atoms with E-state index in [0.29, 0.717) is 0 Å². The fourth-order valence-electron chi connectivity index (χ4n) is 2.52. The number of para-hydroxylation sites is 1. The summed E-state index contributed by atoms with van der Waals surface area (Å²) in [5, 5.41) is 3.56. The predicted octanol–water partition coefficient (Wildman–Crippen LogP) is 4.97. The Morgan fingerprint density at radius 1 is 1.10 bits per heavy atom. The van der Waals surface area contributed by atoms with Crippen molar-refractivity contribution in [1.82, 2.24) is 0 Å². The van der Waals surface area contributed by atoms with Crippen molar-refractivity contribution in [1.29, 1.82) is 0 Å². The molecule has 0 saturated carbocycles. The molecule has 0 aromatic heterocycles. The van der Waals surface area contributed by atoms with E-state index in [1.54, 1.807) is 0 Å². The highest BCUT2D eigenvalue weighted by Gasteiger charge is 2.12. The van der Waals surface area contributed by atoms with Gasteiger partial charge in [0.15, 0.2) is 0 Å². The summed E-state index contributed by atoms with van der Waals surface area (Å²) in [6.45, 7) is 6.46. The second-order valence-electron chi connectivity index (χ2n) is 5.36. The second-order valence-corrected chi connectivity index (χ2v) is 5.36. The summed E-state index contributed by atoms with van der Waals surface area (Å²) < 4.78 is 0. The van der Waals surface area contributed by atoms with Crippen LogP contribution in [0.3, 0.4) is 0 Å². The Hall–Kier alpha value is -1.96. The maximum absolute atomic E-state index is 6.13. The summed E-state index contributed by atoms with van der Waals surface area (Å²) in [6, 6.07) is 12.4. The van der Waals surface area contributed by atoms with Gasteiger partial charge in [0.05, 0.1) is 0 Å². The van der Waals surface area contributed by atoms with E-state index in [1.807, 2.05) is 18.2 Å². The van der Waals surface area contributed by atoms with Crippen LogP contribution in [0.1, 0.15) is 36.5 Å². The van der Waals surface area contributed by atoms with E-state index in [2.05, 4.69) is 44.3 Å². The van der Waals surface area contributed by atoms with Crippen LogP contribution in [-0.2, 0) is 6.42 Å². The van der Waals surface area contributed by atoms with Crippen LogP contribution in [0, 0.1) is 13.8 Å². The number of hydrogen-bond acceptors (Lipinski definition) is 2. The summed E-state index contributed by atoms with van der Waals surface area (Å²) in [7, 11) is 0. The SMILES string of the molecule is CCCCc1c(C)c(N)cc(C)c1Nc1ccccc1. The molecular weight excluding hydrogens is 244 g/mol. The van der Waals surface area contributed by atoms with Crippen LogP contribution in [0.4, 0.5) is 17.1 Å². The lowest BCUT2D eigenvalue weighted by atomic mass is 9.96. The zero-order valence-electron chi connectivity index (χ0n) is 12.7. The minimum atomic E-state index is 0.896. The fourth-order valence-corrected chi connectivity index (χ4v) is 2.52. The molecule has 3 N–H and O–H groups in total. The van der Waals surface area contributed by atoms with Crippen LogP contribution in [-0.4, -0.2) is 0 Å². The highest BCUT2D eigenvalue weighted by molar-refractivity contribution is 5.72. The zero-order valence-corrected chi connectivity index (χ0v) is 12.7. The molecular formula is C18H24N2. The number of nitrogen functional groups attached to an aromatic ring is 1. The van der Waals surface area contributed by atoms with E-state index in [4.69, 9.17) is 5.73 Å². The van der Waals surface area contributed by atoms with Gasteiger partial charge in [-0.3, -0.25) is 0 Å². The molecule has 0 fully saturated rings. The number of nitrogens with two attached hydrogens (primary N) is 1. The number of rotatable bonds is 5. The molecule has 106 valence electrons. The van der Waals surface area contributed by atoms with Crippen molar-refractivity contribution >= 4 is 17.1 Å². The molecule has 0 heterocycles. The van der Waals surface area contributed by atoms with Crippen LogP contribution < -0.4 is 11.1 Å². The normalized spacial score (nSPS) is 10.6. The first-order valence-electron chi connectivity index (χ1n) is 7.34. The molecule has 0 radical (unpaired) electrons. The summed E-state index contributed by atoms with van der Waals surface area (Å²) in [4.78, 5) is 0. The lowest BCUT2D eigenvalue weighted by molar-refractivity contribution is 0.792. The molecule has 2 aromatic carbocycles. The molecule has 0 atom stereocenters. The number of unbranched alkanes of at least 4 members (excludes halogenated alkanes) is 1. The van der Waals surface area contributed by atoms with Gasteiger partial charge in [-0.05, 0) is 61.6 Å². The van der Waals surface area contributed by atoms with Crippen LogP contribution >= 0.6 is 0 Å². The smallest absolute Gasteiger partial charge is 0.0450 e. The maximum atomic E-state index is 6.13. The van der Waals surface area contributed by atoms with Crippen molar-refractivity contribution in [2.45, 2.75) is 40.0 Å². The van der Waals surface area contributed by atoms with Gasteiger partial charge in [0, 0.05) is 17.1 Å². The molecule has 2 heteroatoms. The molecule has 0 aliphatic rings. The third-order valence-electron chi connectivity index (χ3n) is 3.78. The minimum Gasteiger partial charge on any atom is -0.398 e. The van der Waals surface area contributed by atoms with Crippen LogP contribution in [0.5, 0.6) is 0 Å². The molecule has 20 heavy (non-hydrogen) atoms. The lowest BCUT2D eigenvalue weighted by Gasteiger charge is -2.19. The van der Waals surface area contributed by atoms with E-state index in [-0.39, 0.29) is 0 Å². The number of hydrogen-bond donors (Lipinski definition) is 2. The number of nitrogens with one attached hydrogen (secondary N) is 1. The van der Waals surface area contributed by atoms with Gasteiger partial charge in [0.2, 0.25) is 0 Å². The van der Waals surface area contributed by atoms with Gasteiger partial charge in [-0.25, -0.2) is 0 Å². The van der Waals surface area contributed by atoms with Crippen molar-refractivity contribution < 1.29 is 0 Å². The highest BCUT2D eigenvalue weighted by Crippen LogP contribution is 2.32. The molecule has 2 aromatic rings. The van der Waals surface area contributed by atoms with Crippen LogP contribution in [0.25, 0.3) is 0 Å². The quantitative estimate of drug-likeness (QED) is 0.751. The van der Waals surface area contributed by atoms with Crippen molar-refractivity contribution in [3.63, 3.8) is 0 Å². The molecule has 2 rings (SSSR count). The predicted molar refractivity (Wildman–Crippen MR) is 88.7 cm³/mol. The molecule has 2 nitrogen and oxygen atoms in total. The standard InChI is InChI=1S/C18H24N2/c1-4-5-11-16-14(3)17(19)12-13(2)18(16)20-15-9-7-6-8-10-15/h6-10,12,20H,4-5,11,19H2,1-3H3. The Morgan fingerprint density at radius 3 is 2.45 bits per heavy atom. The van der Waals surface area contributed by atoms with Crippen LogP contribution in [0.15, 0.2) is 36.4 Å².